The van der Waals surface area contributed by atoms with E-state index in [4.69, 9.17) is 9.47 Å². The van der Waals surface area contributed by atoms with Crippen molar-refractivity contribution < 1.29 is 33.0 Å². The molecule has 0 spiro atoms. The Morgan fingerprint density at radius 3 is 2.24 bits per heavy atom. The molecule has 4 amide bonds. The van der Waals surface area contributed by atoms with Crippen LogP contribution in [0.2, 0.25) is 0 Å². The minimum Gasteiger partial charge on any atom is -0.495 e. The molecule has 354 valence electrons. The molecule has 1 unspecified atom stereocenters. The fourth-order valence-corrected chi connectivity index (χ4v) is 9.44. The monoisotopic (exact) mass is 924 g/mol. The zero-order chi connectivity index (χ0) is 47.5. The average molecular weight is 925 g/mol. The number of piperidine rings is 1. The number of benzene rings is 3. The molecule has 1 atom stereocenters. The van der Waals surface area contributed by atoms with Crippen LogP contribution in [-0.2, 0) is 25.7 Å². The minimum atomic E-state index is -1.17. The zero-order valence-corrected chi connectivity index (χ0v) is 38.6. The van der Waals surface area contributed by atoms with E-state index in [0.717, 1.165) is 78.3 Å². The summed E-state index contributed by atoms with van der Waals surface area (Å²) >= 11 is 0. The number of hydrogen-bond acceptors (Lipinski definition) is 12. The van der Waals surface area contributed by atoms with E-state index >= 15 is 0 Å². The van der Waals surface area contributed by atoms with Gasteiger partial charge in [-0.15, -0.1) is 0 Å². The zero-order valence-electron chi connectivity index (χ0n) is 38.6. The molecule has 5 heterocycles. The third kappa shape index (κ3) is 9.61. The Morgan fingerprint density at radius 1 is 0.882 bits per heavy atom. The summed E-state index contributed by atoms with van der Waals surface area (Å²) in [6.07, 6.45) is 6.20. The van der Waals surface area contributed by atoms with Gasteiger partial charge < -0.3 is 45.4 Å². The fraction of sp³-hybridized carbons (Fsp3) is 0.373. The predicted octanol–water partition coefficient (Wildman–Crippen LogP) is 6.32. The van der Waals surface area contributed by atoms with Crippen LogP contribution in [0.4, 0.5) is 27.3 Å². The second-order valence-corrected chi connectivity index (χ2v) is 18.0. The number of carbonyl (C=O) groups is 4. The van der Waals surface area contributed by atoms with Crippen molar-refractivity contribution >= 4 is 63.1 Å². The topological polar surface area (TPSA) is 174 Å². The van der Waals surface area contributed by atoms with Gasteiger partial charge >= 0.3 is 0 Å². The highest BCUT2D eigenvalue weighted by molar-refractivity contribution is 6.17. The first-order chi connectivity index (χ1) is 32.9. The van der Waals surface area contributed by atoms with Crippen molar-refractivity contribution in [3.8, 4) is 17.2 Å². The molecule has 68 heavy (non-hydrogen) atoms. The van der Waals surface area contributed by atoms with Gasteiger partial charge in [-0.2, -0.15) is 0 Å². The molecule has 1 aliphatic carbocycles. The number of nitrogens with zero attached hydrogens (tertiary/aromatic N) is 6. The molecule has 0 radical (unpaired) electrons. The van der Waals surface area contributed by atoms with Gasteiger partial charge in [0, 0.05) is 105 Å². The second-order valence-electron chi connectivity index (χ2n) is 18.0. The summed E-state index contributed by atoms with van der Waals surface area (Å²) in [5.74, 6) is 1.89. The maximum absolute atomic E-state index is 13.4. The van der Waals surface area contributed by atoms with Gasteiger partial charge in [-0.3, -0.25) is 29.1 Å². The quantitative estimate of drug-likeness (QED) is 0.0813. The third-order valence-electron chi connectivity index (χ3n) is 13.8. The van der Waals surface area contributed by atoms with Crippen LogP contribution in [0.5, 0.6) is 17.2 Å². The number of hydrogen-bond donors (Lipinski definition) is 4. The molecule has 4 aliphatic rings. The molecule has 1 saturated carbocycles. The van der Waals surface area contributed by atoms with Crippen LogP contribution in [-0.4, -0.2) is 121 Å². The van der Waals surface area contributed by atoms with Gasteiger partial charge in [0.25, 0.3) is 0 Å². The highest BCUT2D eigenvalue weighted by Gasteiger charge is 2.56. The molecule has 3 aliphatic heterocycles. The predicted molar refractivity (Wildman–Crippen MR) is 259 cm³/mol. The molecular formula is C51H57FN10O6. The van der Waals surface area contributed by atoms with Crippen LogP contribution in [0, 0.1) is 17.2 Å². The van der Waals surface area contributed by atoms with Gasteiger partial charge in [-0.05, 0) is 111 Å². The van der Waals surface area contributed by atoms with E-state index in [0.29, 0.717) is 80.1 Å². The van der Waals surface area contributed by atoms with Gasteiger partial charge in [0.15, 0.2) is 0 Å². The SMILES string of the molecule is C=C1c2ccnc(NCCN3CCN(CC4CCN(c5cc6nccc(Oc7ccc(NC(=O)C8(C(=O)Nc9ccc(F)cc9)CC8)cc7)c6cc5OC)CC4)C(=O)C3)c2CN1C(C)C(=O)NC. The van der Waals surface area contributed by atoms with Crippen LogP contribution in [0.25, 0.3) is 16.6 Å². The van der Waals surface area contributed by atoms with E-state index in [1.807, 2.05) is 34.9 Å². The molecule has 3 aromatic carbocycles. The van der Waals surface area contributed by atoms with Gasteiger partial charge in [0.05, 0.1) is 24.9 Å². The van der Waals surface area contributed by atoms with Crippen molar-refractivity contribution in [1.29, 1.82) is 0 Å². The lowest BCUT2D eigenvalue weighted by Crippen LogP contribution is -2.53. The largest absolute Gasteiger partial charge is 0.495 e. The third-order valence-corrected chi connectivity index (χ3v) is 13.8. The van der Waals surface area contributed by atoms with E-state index in [-0.39, 0.29) is 17.9 Å². The van der Waals surface area contributed by atoms with Crippen LogP contribution >= 0.6 is 0 Å². The highest BCUT2D eigenvalue weighted by Crippen LogP contribution is 2.48. The van der Waals surface area contributed by atoms with Crippen LogP contribution in [0.3, 0.4) is 0 Å². The summed E-state index contributed by atoms with van der Waals surface area (Å²) in [7, 11) is 3.30. The van der Waals surface area contributed by atoms with Gasteiger partial charge in [0.2, 0.25) is 23.6 Å². The van der Waals surface area contributed by atoms with Crippen molar-refractivity contribution in [3.63, 3.8) is 0 Å². The molecule has 0 bridgehead atoms. The van der Waals surface area contributed by atoms with E-state index in [9.17, 15) is 23.6 Å². The number of likely N-dealkylation sites (N-methyl/N-ethyl adjacent to an activating group) is 1. The van der Waals surface area contributed by atoms with Gasteiger partial charge in [-0.1, -0.05) is 6.58 Å². The van der Waals surface area contributed by atoms with Crippen molar-refractivity contribution in [2.24, 2.45) is 11.3 Å². The Balaban J connectivity index is 0.743. The molecule has 2 aromatic heterocycles. The summed E-state index contributed by atoms with van der Waals surface area (Å²) in [5.41, 5.74) is 4.32. The molecule has 9 rings (SSSR count). The highest BCUT2D eigenvalue weighted by atomic mass is 19.1. The first kappa shape index (κ1) is 45.9. The standard InChI is InChI=1S/C51H57FN10O6/c1-32-39-13-19-55-47(41(39)30-62(32)33(2)48(64)53-3)56-21-24-59-25-26-61(46(63)31-59)29-34-15-22-60(23-16-34)43-28-42-40(27-45(43)67-4)44(14-20-54-42)68-38-11-9-37(10-12-38)58-50(66)51(17-18-51)49(65)57-36-7-5-35(52)6-8-36/h5-14,19-20,27-28,33-34H,1,15-18,21-26,29-31H2,2-4H3,(H,53,64)(H,55,56)(H,57,65)(H,58,66). The lowest BCUT2D eigenvalue weighted by atomic mass is 9.95. The van der Waals surface area contributed by atoms with E-state index in [2.05, 4.69) is 47.6 Å². The van der Waals surface area contributed by atoms with Gasteiger partial charge in [0.1, 0.15) is 40.3 Å². The van der Waals surface area contributed by atoms with Crippen molar-refractivity contribution in [3.05, 3.63) is 109 Å². The summed E-state index contributed by atoms with van der Waals surface area (Å²) in [4.78, 5) is 69.8. The average Bonchev–Trinajstić information content (AvgIpc) is 4.11. The maximum Gasteiger partial charge on any atom is 0.242 e. The number of amides is 4. The number of fused-ring (bicyclic) bond motifs is 2. The molecule has 4 N–H and O–H groups in total. The first-order valence-corrected chi connectivity index (χ1v) is 23.2. The molecule has 2 saturated heterocycles. The number of anilines is 4. The van der Waals surface area contributed by atoms with Crippen molar-refractivity contribution in [2.75, 3.05) is 87.4 Å². The minimum absolute atomic E-state index is 0.0629. The Bertz CT molecular complexity index is 2720. The van der Waals surface area contributed by atoms with E-state index in [1.165, 1.54) is 24.3 Å². The molecule has 5 aromatic rings. The summed E-state index contributed by atoms with van der Waals surface area (Å²) in [6, 6.07) is 19.8. The van der Waals surface area contributed by atoms with Crippen LogP contribution in [0.1, 0.15) is 43.7 Å². The lowest BCUT2D eigenvalue weighted by molar-refractivity contribution is -0.137. The Kier molecular flexibility index (Phi) is 13.2. The number of piperazine rings is 1. The number of carbonyl (C=O) groups excluding carboxylic acids is 4. The van der Waals surface area contributed by atoms with Crippen molar-refractivity contribution in [1.82, 2.24) is 30.0 Å². The van der Waals surface area contributed by atoms with Crippen LogP contribution < -0.4 is 35.6 Å². The molecular weight excluding hydrogens is 868 g/mol. The number of pyridine rings is 2. The van der Waals surface area contributed by atoms with Crippen molar-refractivity contribution in [2.45, 2.75) is 45.2 Å². The number of methoxy groups -OCH3 is 1. The number of ether oxygens (including phenoxy) is 2. The second kappa shape index (κ2) is 19.5. The Labute approximate surface area is 394 Å². The molecule has 17 heteroatoms. The van der Waals surface area contributed by atoms with E-state index in [1.54, 1.807) is 56.9 Å². The maximum atomic E-state index is 13.4. The number of rotatable bonds is 16. The lowest BCUT2D eigenvalue weighted by Gasteiger charge is -2.39. The van der Waals surface area contributed by atoms with Gasteiger partial charge in [-0.25, -0.2) is 9.37 Å². The Hall–Kier alpha value is -7.27. The number of aromatic nitrogens is 2. The van der Waals surface area contributed by atoms with E-state index < -0.39 is 23.0 Å². The fourth-order valence-electron chi connectivity index (χ4n) is 9.44. The molecule has 3 fully saturated rings. The smallest absolute Gasteiger partial charge is 0.242 e. The number of nitrogens with one attached hydrogen (secondary N) is 4. The summed E-state index contributed by atoms with van der Waals surface area (Å²) < 4.78 is 25.6. The number of halogens is 1. The Morgan fingerprint density at radius 2 is 1.57 bits per heavy atom. The summed E-state index contributed by atoms with van der Waals surface area (Å²) in [5, 5.41) is 12.6. The normalized spacial score (nSPS) is 17.4. The molecule has 16 nitrogen and oxygen atoms in total. The first-order valence-electron chi connectivity index (χ1n) is 23.2. The van der Waals surface area contributed by atoms with Crippen LogP contribution in [0.15, 0.2) is 91.8 Å². The summed E-state index contributed by atoms with van der Waals surface area (Å²) in [6.45, 7) is 12.3.